The van der Waals surface area contributed by atoms with E-state index in [1.807, 2.05) is 0 Å². The second-order valence-electron chi connectivity index (χ2n) is 2.68. The van der Waals surface area contributed by atoms with Gasteiger partial charge in [-0.05, 0) is 0 Å². The number of carboxylic acids is 4. The second-order valence-corrected chi connectivity index (χ2v) is 2.68. The highest BCUT2D eigenvalue weighted by molar-refractivity contribution is 5.81. The molecule has 18 heavy (non-hydrogen) atoms. The molecule has 0 aliphatic heterocycles. The summed E-state index contributed by atoms with van der Waals surface area (Å²) in [6.07, 6.45) is 3.26. The fourth-order valence-corrected chi connectivity index (χ4v) is 0.521. The second kappa shape index (κ2) is 10.9. The van der Waals surface area contributed by atoms with Crippen LogP contribution in [-0.2, 0) is 19.2 Å². The van der Waals surface area contributed by atoms with Gasteiger partial charge in [0.25, 0.3) is 0 Å². The molecule has 0 heterocycles. The predicted molar refractivity (Wildman–Crippen MR) is 58.1 cm³/mol. The van der Waals surface area contributed by atoms with Crippen molar-refractivity contribution in [3.63, 3.8) is 0 Å². The molecule has 0 atom stereocenters. The van der Waals surface area contributed by atoms with Crippen molar-refractivity contribution in [1.82, 2.24) is 0 Å². The van der Waals surface area contributed by atoms with E-state index >= 15 is 0 Å². The quantitative estimate of drug-likeness (QED) is 0.495. The third-order valence-electron chi connectivity index (χ3n) is 1.11. The molecule has 0 saturated heterocycles. The Bertz CT molecular complexity index is 330. The molecule has 0 saturated carbocycles. The zero-order chi connectivity index (χ0) is 14.6. The van der Waals surface area contributed by atoms with Crippen molar-refractivity contribution >= 4 is 23.9 Å². The van der Waals surface area contributed by atoms with Crippen LogP contribution in [0.25, 0.3) is 0 Å². The van der Waals surface area contributed by atoms with Crippen molar-refractivity contribution in [2.24, 2.45) is 0 Å². The molecule has 0 aromatic rings. The summed E-state index contributed by atoms with van der Waals surface area (Å²) in [4.78, 5) is 38.9. The largest absolute Gasteiger partial charge is 0.481 e. The summed E-state index contributed by atoms with van der Waals surface area (Å²) in [5, 5.41) is 31.9. The lowest BCUT2D eigenvalue weighted by molar-refractivity contribution is -0.137. The molecule has 0 aliphatic carbocycles. The molecule has 0 bridgehead atoms. The van der Waals surface area contributed by atoms with Gasteiger partial charge in [0.15, 0.2) is 0 Å². The molecular weight excluding hydrogens is 248 g/mol. The van der Waals surface area contributed by atoms with Gasteiger partial charge in [-0.15, -0.1) is 0 Å². The van der Waals surface area contributed by atoms with Gasteiger partial charge in [-0.2, -0.15) is 0 Å². The lowest BCUT2D eigenvalue weighted by Crippen LogP contribution is -1.92. The van der Waals surface area contributed by atoms with Gasteiger partial charge < -0.3 is 20.4 Å². The van der Waals surface area contributed by atoms with E-state index in [1.54, 1.807) is 0 Å². The lowest BCUT2D eigenvalue weighted by Gasteiger charge is -1.79. The minimum absolute atomic E-state index is 0.244. The molecule has 0 aliphatic rings. The Kier molecular flexibility index (Phi) is 10.7. The van der Waals surface area contributed by atoms with Crippen molar-refractivity contribution in [3.05, 3.63) is 24.3 Å². The standard InChI is InChI=1S/2C5H6O4/c2*6-4(7)2-1-3-5(8)9/h2*1-2H,3H2,(H,6,7)(H,8,9). The molecule has 8 nitrogen and oxygen atoms in total. The zero-order valence-electron chi connectivity index (χ0n) is 9.15. The molecule has 0 fully saturated rings. The first-order valence-corrected chi connectivity index (χ1v) is 4.48. The van der Waals surface area contributed by atoms with Gasteiger partial charge in [0.2, 0.25) is 0 Å². The molecule has 4 N–H and O–H groups in total. The molecule has 0 aromatic heterocycles. The number of carbonyl (C=O) groups is 4. The van der Waals surface area contributed by atoms with E-state index < -0.39 is 23.9 Å². The number of hydrogen-bond donors (Lipinski definition) is 4. The van der Waals surface area contributed by atoms with Gasteiger partial charge in [0, 0.05) is 12.2 Å². The normalized spacial score (nSPS) is 9.78. The van der Waals surface area contributed by atoms with Crippen molar-refractivity contribution in [3.8, 4) is 0 Å². The Morgan fingerprint density at radius 1 is 0.667 bits per heavy atom. The molecule has 0 spiro atoms. The van der Waals surface area contributed by atoms with Gasteiger partial charge in [0.1, 0.15) is 0 Å². The van der Waals surface area contributed by atoms with Gasteiger partial charge in [-0.3, -0.25) is 9.59 Å². The fraction of sp³-hybridized carbons (Fsp3) is 0.200. The van der Waals surface area contributed by atoms with E-state index in [0.29, 0.717) is 0 Å². The van der Waals surface area contributed by atoms with Gasteiger partial charge in [0.05, 0.1) is 12.8 Å². The topological polar surface area (TPSA) is 149 Å². The third kappa shape index (κ3) is 23.3. The first-order chi connectivity index (χ1) is 8.25. The van der Waals surface area contributed by atoms with Crippen LogP contribution in [0.3, 0.4) is 0 Å². The summed E-state index contributed by atoms with van der Waals surface area (Å²) in [5.41, 5.74) is 0. The summed E-state index contributed by atoms with van der Waals surface area (Å²) < 4.78 is 0. The van der Waals surface area contributed by atoms with Crippen LogP contribution >= 0.6 is 0 Å². The Hall–Kier alpha value is -2.64. The molecule has 0 rings (SSSR count). The van der Waals surface area contributed by atoms with Crippen molar-refractivity contribution in [1.29, 1.82) is 0 Å². The SMILES string of the molecule is O=C(O)C=CCC(=O)O.O=C(O)C=CCC(=O)O. The summed E-state index contributed by atoms with van der Waals surface area (Å²) in [5.74, 6) is -4.33. The van der Waals surface area contributed by atoms with Gasteiger partial charge in [-0.25, -0.2) is 9.59 Å². The Balaban J connectivity index is 0. The van der Waals surface area contributed by atoms with Crippen LogP contribution in [0, 0.1) is 0 Å². The van der Waals surface area contributed by atoms with Crippen LogP contribution in [0.1, 0.15) is 12.8 Å². The minimum atomic E-state index is -1.13. The maximum absolute atomic E-state index is 9.74. The molecule has 0 aromatic carbocycles. The van der Waals surface area contributed by atoms with Crippen LogP contribution in [0.15, 0.2) is 24.3 Å². The predicted octanol–water partition coefficient (Wildman–Crippen LogP) is 0.204. The highest BCUT2D eigenvalue weighted by atomic mass is 16.4. The van der Waals surface area contributed by atoms with E-state index in [4.69, 9.17) is 20.4 Å². The average molecular weight is 260 g/mol. The van der Waals surface area contributed by atoms with E-state index in [2.05, 4.69) is 0 Å². The summed E-state index contributed by atoms with van der Waals surface area (Å²) in [6.45, 7) is 0. The molecular formula is C10H12O8. The summed E-state index contributed by atoms with van der Waals surface area (Å²) in [6, 6.07) is 0. The smallest absolute Gasteiger partial charge is 0.327 e. The first kappa shape index (κ1) is 17.7. The monoisotopic (exact) mass is 260 g/mol. The molecule has 100 valence electrons. The van der Waals surface area contributed by atoms with E-state index in [1.165, 1.54) is 0 Å². The molecule has 0 unspecified atom stereocenters. The number of aliphatic carboxylic acids is 4. The number of carboxylic acid groups (broad SMARTS) is 4. The number of hydrogen-bond acceptors (Lipinski definition) is 4. The molecule has 0 amide bonds. The van der Waals surface area contributed by atoms with Crippen molar-refractivity contribution in [2.45, 2.75) is 12.8 Å². The highest BCUT2D eigenvalue weighted by Crippen LogP contribution is 1.81. The third-order valence-corrected chi connectivity index (χ3v) is 1.11. The van der Waals surface area contributed by atoms with Crippen molar-refractivity contribution < 1.29 is 39.6 Å². The van der Waals surface area contributed by atoms with Crippen LogP contribution in [-0.4, -0.2) is 44.3 Å². The van der Waals surface area contributed by atoms with Gasteiger partial charge >= 0.3 is 23.9 Å². The highest BCUT2D eigenvalue weighted by Gasteiger charge is 1.91. The minimum Gasteiger partial charge on any atom is -0.481 e. The summed E-state index contributed by atoms with van der Waals surface area (Å²) >= 11 is 0. The Labute approximate surface area is 101 Å². The fourth-order valence-electron chi connectivity index (χ4n) is 0.521. The van der Waals surface area contributed by atoms with E-state index in [-0.39, 0.29) is 12.8 Å². The van der Waals surface area contributed by atoms with E-state index in [9.17, 15) is 19.2 Å². The van der Waals surface area contributed by atoms with Crippen LogP contribution in [0.2, 0.25) is 0 Å². The Morgan fingerprint density at radius 3 is 1.11 bits per heavy atom. The Morgan fingerprint density at radius 2 is 0.944 bits per heavy atom. The zero-order valence-corrected chi connectivity index (χ0v) is 9.15. The average Bonchev–Trinajstić information content (AvgIpc) is 2.15. The van der Waals surface area contributed by atoms with Gasteiger partial charge in [-0.1, -0.05) is 12.2 Å². The summed E-state index contributed by atoms with van der Waals surface area (Å²) in [7, 11) is 0. The van der Waals surface area contributed by atoms with Crippen LogP contribution in [0.4, 0.5) is 0 Å². The van der Waals surface area contributed by atoms with E-state index in [0.717, 1.165) is 24.3 Å². The van der Waals surface area contributed by atoms with Crippen LogP contribution in [0.5, 0.6) is 0 Å². The molecule has 8 heteroatoms. The van der Waals surface area contributed by atoms with Crippen LogP contribution < -0.4 is 0 Å². The lowest BCUT2D eigenvalue weighted by atomic mass is 10.4. The maximum atomic E-state index is 9.74. The first-order valence-electron chi connectivity index (χ1n) is 4.48. The maximum Gasteiger partial charge on any atom is 0.327 e. The van der Waals surface area contributed by atoms with Crippen molar-refractivity contribution in [2.75, 3.05) is 0 Å². The number of rotatable bonds is 6. The molecule has 0 radical (unpaired) electrons.